The third-order valence-electron chi connectivity index (χ3n) is 4.17. The number of aryl methyl sites for hydroxylation is 1. The van der Waals surface area contributed by atoms with Gasteiger partial charge < -0.3 is 14.5 Å². The molecule has 0 aliphatic carbocycles. The van der Waals surface area contributed by atoms with Crippen molar-refractivity contribution in [1.29, 1.82) is 0 Å². The van der Waals surface area contributed by atoms with Crippen LogP contribution in [0.4, 0.5) is 5.69 Å². The first-order valence-corrected chi connectivity index (χ1v) is 8.00. The predicted molar refractivity (Wildman–Crippen MR) is 90.3 cm³/mol. The Morgan fingerprint density at radius 1 is 1.12 bits per heavy atom. The second-order valence-corrected chi connectivity index (χ2v) is 5.75. The number of anilines is 1. The highest BCUT2D eigenvalue weighted by molar-refractivity contribution is 5.93. The SMILES string of the molecule is COc1ncc(C(=O)N2CCCN(c3ccncc3C)CC2)cn1. The van der Waals surface area contributed by atoms with Crippen LogP contribution in [0.5, 0.6) is 6.01 Å². The molecule has 126 valence electrons. The van der Waals surface area contributed by atoms with Crippen molar-refractivity contribution >= 4 is 11.6 Å². The highest BCUT2D eigenvalue weighted by atomic mass is 16.5. The number of amides is 1. The average molecular weight is 327 g/mol. The lowest BCUT2D eigenvalue weighted by atomic mass is 10.2. The van der Waals surface area contributed by atoms with E-state index >= 15 is 0 Å². The summed E-state index contributed by atoms with van der Waals surface area (Å²) in [7, 11) is 1.50. The first-order valence-electron chi connectivity index (χ1n) is 8.00. The summed E-state index contributed by atoms with van der Waals surface area (Å²) in [5.41, 5.74) is 2.83. The van der Waals surface area contributed by atoms with Gasteiger partial charge in [-0.05, 0) is 25.0 Å². The van der Waals surface area contributed by atoms with Crippen molar-refractivity contribution in [2.24, 2.45) is 0 Å². The van der Waals surface area contributed by atoms with E-state index in [1.54, 1.807) is 0 Å². The molecule has 0 spiro atoms. The van der Waals surface area contributed by atoms with Gasteiger partial charge >= 0.3 is 6.01 Å². The Morgan fingerprint density at radius 3 is 2.62 bits per heavy atom. The Balaban J connectivity index is 1.68. The number of carbonyl (C=O) groups is 1. The van der Waals surface area contributed by atoms with E-state index in [1.807, 2.05) is 23.4 Å². The van der Waals surface area contributed by atoms with Crippen LogP contribution in [0.2, 0.25) is 0 Å². The first kappa shape index (κ1) is 16.2. The van der Waals surface area contributed by atoms with Gasteiger partial charge in [0.15, 0.2) is 0 Å². The number of nitrogens with zero attached hydrogens (tertiary/aromatic N) is 5. The molecule has 0 atom stereocenters. The Labute approximate surface area is 141 Å². The maximum atomic E-state index is 12.6. The molecule has 1 aliphatic rings. The van der Waals surface area contributed by atoms with E-state index in [4.69, 9.17) is 4.74 Å². The maximum absolute atomic E-state index is 12.6. The molecule has 0 bridgehead atoms. The van der Waals surface area contributed by atoms with Crippen LogP contribution >= 0.6 is 0 Å². The van der Waals surface area contributed by atoms with Crippen molar-refractivity contribution in [3.05, 3.63) is 42.0 Å². The minimum absolute atomic E-state index is 0.0362. The number of methoxy groups -OCH3 is 1. The van der Waals surface area contributed by atoms with Gasteiger partial charge in [0, 0.05) is 56.7 Å². The molecule has 0 saturated carbocycles. The van der Waals surface area contributed by atoms with Crippen LogP contribution in [0.25, 0.3) is 0 Å². The second-order valence-electron chi connectivity index (χ2n) is 5.75. The van der Waals surface area contributed by atoms with E-state index in [-0.39, 0.29) is 11.9 Å². The lowest BCUT2D eigenvalue weighted by molar-refractivity contribution is 0.0766. The van der Waals surface area contributed by atoms with Gasteiger partial charge in [0.05, 0.1) is 12.7 Å². The van der Waals surface area contributed by atoms with E-state index in [0.29, 0.717) is 12.1 Å². The molecule has 1 fully saturated rings. The van der Waals surface area contributed by atoms with E-state index < -0.39 is 0 Å². The summed E-state index contributed by atoms with van der Waals surface area (Å²) < 4.78 is 4.93. The number of hydrogen-bond acceptors (Lipinski definition) is 6. The predicted octanol–water partition coefficient (Wildman–Crippen LogP) is 1.54. The van der Waals surface area contributed by atoms with Crippen LogP contribution in [0.1, 0.15) is 22.3 Å². The molecular formula is C17H21N5O2. The summed E-state index contributed by atoms with van der Waals surface area (Å²) in [4.78, 5) is 29.0. The van der Waals surface area contributed by atoms with Crippen molar-refractivity contribution < 1.29 is 9.53 Å². The molecule has 0 aromatic carbocycles. The molecule has 2 aromatic heterocycles. The summed E-state index contributed by atoms with van der Waals surface area (Å²) in [6, 6.07) is 2.30. The standard InChI is InChI=1S/C17H21N5O2/c1-13-10-18-5-4-15(13)21-6-3-7-22(9-8-21)16(23)14-11-19-17(24-2)20-12-14/h4-5,10-12H,3,6-9H2,1-2H3. The van der Waals surface area contributed by atoms with Crippen LogP contribution in [-0.2, 0) is 0 Å². The molecule has 7 heteroatoms. The fourth-order valence-corrected chi connectivity index (χ4v) is 2.90. The molecule has 2 aromatic rings. The fourth-order valence-electron chi connectivity index (χ4n) is 2.90. The van der Waals surface area contributed by atoms with Crippen molar-refractivity contribution in [3.63, 3.8) is 0 Å². The minimum atomic E-state index is -0.0362. The van der Waals surface area contributed by atoms with Crippen molar-refractivity contribution in [1.82, 2.24) is 19.9 Å². The number of carbonyl (C=O) groups excluding carboxylic acids is 1. The summed E-state index contributed by atoms with van der Waals surface area (Å²) >= 11 is 0. The zero-order valence-electron chi connectivity index (χ0n) is 14.0. The van der Waals surface area contributed by atoms with Gasteiger partial charge in [-0.1, -0.05) is 0 Å². The molecule has 24 heavy (non-hydrogen) atoms. The average Bonchev–Trinajstić information content (AvgIpc) is 2.88. The second kappa shape index (κ2) is 7.25. The van der Waals surface area contributed by atoms with Crippen LogP contribution in [0.3, 0.4) is 0 Å². The summed E-state index contributed by atoms with van der Waals surface area (Å²) in [5.74, 6) is -0.0362. The largest absolute Gasteiger partial charge is 0.467 e. The smallest absolute Gasteiger partial charge is 0.316 e. The van der Waals surface area contributed by atoms with Crippen LogP contribution in [0, 0.1) is 6.92 Å². The van der Waals surface area contributed by atoms with Gasteiger partial charge in [0.1, 0.15) is 0 Å². The van der Waals surface area contributed by atoms with Crippen LogP contribution in [0.15, 0.2) is 30.9 Å². The molecule has 3 heterocycles. The lowest BCUT2D eigenvalue weighted by Gasteiger charge is -2.25. The number of ether oxygens (including phenoxy) is 1. The highest BCUT2D eigenvalue weighted by Gasteiger charge is 2.21. The number of hydrogen-bond donors (Lipinski definition) is 0. The molecule has 0 unspecified atom stereocenters. The molecular weight excluding hydrogens is 306 g/mol. The zero-order chi connectivity index (χ0) is 16.9. The highest BCUT2D eigenvalue weighted by Crippen LogP contribution is 2.20. The van der Waals surface area contributed by atoms with Crippen LogP contribution in [-0.4, -0.2) is 59.0 Å². The quantitative estimate of drug-likeness (QED) is 0.851. The summed E-state index contributed by atoms with van der Waals surface area (Å²) in [6.45, 7) is 5.18. The van der Waals surface area contributed by atoms with Gasteiger partial charge in [0.25, 0.3) is 5.91 Å². The topological polar surface area (TPSA) is 71.5 Å². The Bertz CT molecular complexity index is 704. The summed E-state index contributed by atoms with van der Waals surface area (Å²) in [6.07, 6.45) is 7.64. The molecule has 0 radical (unpaired) electrons. The van der Waals surface area contributed by atoms with Gasteiger partial charge in [-0.2, -0.15) is 0 Å². The molecule has 1 saturated heterocycles. The number of rotatable bonds is 3. The minimum Gasteiger partial charge on any atom is -0.467 e. The third kappa shape index (κ3) is 3.45. The zero-order valence-corrected chi connectivity index (χ0v) is 14.0. The van der Waals surface area contributed by atoms with Crippen molar-refractivity contribution in [2.75, 3.05) is 38.2 Å². The Kier molecular flexibility index (Phi) is 4.88. The Hall–Kier alpha value is -2.70. The monoisotopic (exact) mass is 327 g/mol. The summed E-state index contributed by atoms with van der Waals surface area (Å²) in [5, 5.41) is 0. The third-order valence-corrected chi connectivity index (χ3v) is 4.17. The van der Waals surface area contributed by atoms with Crippen LogP contribution < -0.4 is 9.64 Å². The van der Waals surface area contributed by atoms with E-state index in [0.717, 1.165) is 31.6 Å². The first-order chi connectivity index (χ1) is 11.7. The maximum Gasteiger partial charge on any atom is 0.316 e. The van der Waals surface area contributed by atoms with Gasteiger partial charge in [0.2, 0.25) is 0 Å². The van der Waals surface area contributed by atoms with Gasteiger partial charge in [-0.3, -0.25) is 9.78 Å². The van der Waals surface area contributed by atoms with Gasteiger partial charge in [-0.15, -0.1) is 0 Å². The molecule has 0 N–H and O–H groups in total. The van der Waals surface area contributed by atoms with Crippen molar-refractivity contribution in [2.45, 2.75) is 13.3 Å². The normalized spacial score (nSPS) is 15.1. The molecule has 3 rings (SSSR count). The Morgan fingerprint density at radius 2 is 1.92 bits per heavy atom. The van der Waals surface area contributed by atoms with E-state index in [1.165, 1.54) is 25.2 Å². The molecule has 1 amide bonds. The van der Waals surface area contributed by atoms with Crippen molar-refractivity contribution in [3.8, 4) is 6.01 Å². The number of pyridine rings is 1. The molecule has 1 aliphatic heterocycles. The van der Waals surface area contributed by atoms with E-state index in [2.05, 4.69) is 26.8 Å². The lowest BCUT2D eigenvalue weighted by Crippen LogP contribution is -2.35. The molecule has 7 nitrogen and oxygen atoms in total. The number of aromatic nitrogens is 3. The van der Waals surface area contributed by atoms with E-state index in [9.17, 15) is 4.79 Å². The fraction of sp³-hybridized carbons (Fsp3) is 0.412. The van der Waals surface area contributed by atoms with Gasteiger partial charge in [-0.25, -0.2) is 9.97 Å².